The number of rotatable bonds is 0. The van der Waals surface area contributed by atoms with E-state index in [1.807, 2.05) is 0 Å². The molecule has 0 radical (unpaired) electrons. The summed E-state index contributed by atoms with van der Waals surface area (Å²) in [6, 6.07) is 0. The fourth-order valence-corrected chi connectivity index (χ4v) is 0. The van der Waals surface area contributed by atoms with Crippen LogP contribution in [0.2, 0.25) is 0 Å². The molecule has 0 unspecified atom stereocenters. The van der Waals surface area contributed by atoms with Crippen LogP contribution in [-0.4, -0.2) is 54.1 Å². The van der Waals surface area contributed by atoms with E-state index in [0.29, 0.717) is 0 Å². The Balaban J connectivity index is 0. The average Bonchev–Trinajstić information content (AvgIpc) is 0. The van der Waals surface area contributed by atoms with Crippen LogP contribution in [0.25, 0.3) is 0 Å². The Kier molecular flexibility index (Phi) is 1980. The van der Waals surface area contributed by atoms with Gasteiger partial charge in [0.25, 0.3) is 0 Å². The van der Waals surface area contributed by atoms with Crippen molar-refractivity contribution >= 4 is 37.7 Å². The average molecular weight is 69.9 g/mol. The van der Waals surface area contributed by atoms with Gasteiger partial charge in [0.05, 0.1) is 0 Å². The zero-order valence-corrected chi connectivity index (χ0v) is 1.50. The molecule has 5 heteroatoms. The Morgan fingerprint density at radius 1 is 0.400 bits per heavy atom. The van der Waals surface area contributed by atoms with E-state index < -0.39 is 0 Å². The third-order valence-corrected chi connectivity index (χ3v) is 0. The van der Waals surface area contributed by atoms with Gasteiger partial charge in [-0.25, -0.2) is 0 Å². The predicted molar refractivity (Wildman–Crippen MR) is 25.1 cm³/mol. The van der Waals surface area contributed by atoms with Gasteiger partial charge >= 0.3 is 37.7 Å². The molecule has 28 valence electrons. The Morgan fingerprint density at radius 2 is 0.400 bits per heavy atom. The molecule has 5 heavy (non-hydrogen) atoms. The van der Waals surface area contributed by atoms with Gasteiger partial charge in [0.15, 0.2) is 0 Å². The molecule has 0 bridgehead atoms. The zero-order chi connectivity index (χ0) is 0. The SMILES string of the molecule is O.O.O.[LiH].[LiH]. The monoisotopic (exact) mass is 70.1 g/mol. The van der Waals surface area contributed by atoms with E-state index in [0.717, 1.165) is 0 Å². The van der Waals surface area contributed by atoms with Crippen molar-refractivity contribution in [3.63, 3.8) is 0 Å². The Hall–Kier alpha value is 1.07. The summed E-state index contributed by atoms with van der Waals surface area (Å²) in [6.45, 7) is 0. The molecule has 0 atom stereocenters. The second-order valence-electron chi connectivity index (χ2n) is 0. The van der Waals surface area contributed by atoms with Gasteiger partial charge in [-0.15, -0.1) is 0 Å². The summed E-state index contributed by atoms with van der Waals surface area (Å²) >= 11 is 0. The molecule has 0 aliphatic carbocycles. The second-order valence-corrected chi connectivity index (χ2v) is 0. The minimum atomic E-state index is 0. The van der Waals surface area contributed by atoms with Crippen LogP contribution in [0.1, 0.15) is 0 Å². The van der Waals surface area contributed by atoms with E-state index in [-0.39, 0.29) is 54.1 Å². The summed E-state index contributed by atoms with van der Waals surface area (Å²) in [7, 11) is 0. The van der Waals surface area contributed by atoms with Crippen molar-refractivity contribution in [2.24, 2.45) is 0 Å². The molecule has 0 aromatic rings. The van der Waals surface area contributed by atoms with Gasteiger partial charge in [-0.3, -0.25) is 0 Å². The van der Waals surface area contributed by atoms with Gasteiger partial charge in [0.1, 0.15) is 0 Å². The molecule has 0 heterocycles. The quantitative estimate of drug-likeness (QED) is 0.261. The van der Waals surface area contributed by atoms with Crippen molar-refractivity contribution in [1.29, 1.82) is 0 Å². The number of hydrogen-bond acceptors (Lipinski definition) is 0. The molecule has 0 saturated heterocycles. The first kappa shape index (κ1) is 135. The summed E-state index contributed by atoms with van der Waals surface area (Å²) in [6.07, 6.45) is 0. The Labute approximate surface area is 54.4 Å². The Bertz CT molecular complexity index is 4.85. The zero-order valence-electron chi connectivity index (χ0n) is 1.50. The molecule has 6 N–H and O–H groups in total. The molecule has 0 spiro atoms. The molecule has 0 amide bonds. The van der Waals surface area contributed by atoms with Crippen molar-refractivity contribution in [2.45, 2.75) is 0 Å². The van der Waals surface area contributed by atoms with Gasteiger partial charge in [0.2, 0.25) is 0 Å². The van der Waals surface area contributed by atoms with Crippen LogP contribution in [-0.2, 0) is 0 Å². The van der Waals surface area contributed by atoms with E-state index in [4.69, 9.17) is 0 Å². The topological polar surface area (TPSA) is 94.5 Å². The van der Waals surface area contributed by atoms with E-state index in [9.17, 15) is 0 Å². The minimum absolute atomic E-state index is 0. The molecule has 0 fully saturated rings. The van der Waals surface area contributed by atoms with Crippen molar-refractivity contribution in [1.82, 2.24) is 0 Å². The molecule has 3 nitrogen and oxygen atoms in total. The molecular weight excluding hydrogens is 61.9 g/mol. The van der Waals surface area contributed by atoms with Crippen molar-refractivity contribution in [3.8, 4) is 0 Å². The summed E-state index contributed by atoms with van der Waals surface area (Å²) in [5.41, 5.74) is 0. The first-order valence-corrected chi connectivity index (χ1v) is 0. The van der Waals surface area contributed by atoms with Crippen LogP contribution < -0.4 is 0 Å². The van der Waals surface area contributed by atoms with Gasteiger partial charge in [-0.1, -0.05) is 0 Å². The standard InChI is InChI=1S/2Li.3H2O.2H/h;;3*1H2;;. The number of hydrogen-bond donors (Lipinski definition) is 0. The maximum atomic E-state index is 0. The van der Waals surface area contributed by atoms with E-state index >= 15 is 0 Å². The van der Waals surface area contributed by atoms with Gasteiger partial charge in [-0.05, 0) is 0 Å². The fourth-order valence-electron chi connectivity index (χ4n) is 0. The van der Waals surface area contributed by atoms with Crippen LogP contribution in [0.3, 0.4) is 0 Å². The summed E-state index contributed by atoms with van der Waals surface area (Å²) in [5.74, 6) is 0. The van der Waals surface area contributed by atoms with Gasteiger partial charge < -0.3 is 16.4 Å². The van der Waals surface area contributed by atoms with Crippen LogP contribution in [0, 0.1) is 0 Å². The summed E-state index contributed by atoms with van der Waals surface area (Å²) in [5, 5.41) is 0. The first-order valence-electron chi connectivity index (χ1n) is 0. The maximum absolute atomic E-state index is 0. The molecule has 0 aliphatic heterocycles. The summed E-state index contributed by atoms with van der Waals surface area (Å²) in [4.78, 5) is 0. The van der Waals surface area contributed by atoms with Crippen LogP contribution in [0.4, 0.5) is 0 Å². The van der Waals surface area contributed by atoms with Crippen molar-refractivity contribution in [2.75, 3.05) is 0 Å². The van der Waals surface area contributed by atoms with E-state index in [1.165, 1.54) is 0 Å². The van der Waals surface area contributed by atoms with E-state index in [2.05, 4.69) is 0 Å². The van der Waals surface area contributed by atoms with Crippen LogP contribution in [0.5, 0.6) is 0 Å². The predicted octanol–water partition coefficient (Wildman–Crippen LogP) is -3.77. The van der Waals surface area contributed by atoms with Gasteiger partial charge in [0, 0.05) is 0 Å². The van der Waals surface area contributed by atoms with Crippen molar-refractivity contribution < 1.29 is 16.4 Å². The normalized spacial score (nSPS) is 0. The Morgan fingerprint density at radius 3 is 0.400 bits per heavy atom. The molecule has 0 aromatic heterocycles. The van der Waals surface area contributed by atoms with Gasteiger partial charge in [-0.2, -0.15) is 0 Å². The van der Waals surface area contributed by atoms with Crippen LogP contribution in [0.15, 0.2) is 0 Å². The fraction of sp³-hybridized carbons (Fsp3) is 0. The molecule has 0 aromatic carbocycles. The molecular formula is H8Li2O3. The summed E-state index contributed by atoms with van der Waals surface area (Å²) < 4.78 is 0. The molecule has 0 aliphatic rings. The third-order valence-electron chi connectivity index (χ3n) is 0. The third kappa shape index (κ3) is 41.5. The first-order chi connectivity index (χ1) is 0. The van der Waals surface area contributed by atoms with E-state index in [1.54, 1.807) is 0 Å². The molecule has 0 saturated carbocycles. The van der Waals surface area contributed by atoms with Crippen LogP contribution >= 0.6 is 0 Å². The second kappa shape index (κ2) is 72.9. The molecule has 0 rings (SSSR count). The van der Waals surface area contributed by atoms with Crippen molar-refractivity contribution in [3.05, 3.63) is 0 Å².